The molecule has 0 aliphatic carbocycles. The average molecular weight is 447 g/mol. The molecule has 0 radical (unpaired) electrons. The minimum atomic E-state index is 0.112. The molecule has 4 rings (SSSR count). The van der Waals surface area contributed by atoms with Gasteiger partial charge in [-0.05, 0) is 60.9 Å². The molecule has 5 nitrogen and oxygen atoms in total. The van der Waals surface area contributed by atoms with Crippen molar-refractivity contribution in [2.24, 2.45) is 0 Å². The van der Waals surface area contributed by atoms with Crippen LogP contribution < -0.4 is 0 Å². The largest absolute Gasteiger partial charge is 0.339 e. The van der Waals surface area contributed by atoms with Crippen LogP contribution in [0.25, 0.3) is 0 Å². The van der Waals surface area contributed by atoms with E-state index in [0.29, 0.717) is 6.04 Å². The summed E-state index contributed by atoms with van der Waals surface area (Å²) in [6.45, 7) is 3.08. The normalized spacial score (nSPS) is 14.9. The van der Waals surface area contributed by atoms with Crippen LogP contribution in [0.4, 0.5) is 0 Å². The summed E-state index contributed by atoms with van der Waals surface area (Å²) < 4.78 is 0. The molecule has 0 spiro atoms. The smallest absolute Gasteiger partial charge is 0.253 e. The number of rotatable bonds is 8. The Labute approximate surface area is 194 Å². The van der Waals surface area contributed by atoms with Gasteiger partial charge in [-0.1, -0.05) is 12.1 Å². The first-order valence-corrected chi connectivity index (χ1v) is 12.2. The molecule has 6 heteroatoms. The lowest BCUT2D eigenvalue weighted by atomic mass is 10.0. The SMILES string of the molecule is CN(C(=O)c1ccc(SCc2cccnc2)cc1)C1CCN(CCc2ccccn2)CC1. The molecule has 3 heterocycles. The maximum atomic E-state index is 13.0. The van der Waals surface area contributed by atoms with Crippen molar-refractivity contribution in [2.45, 2.75) is 36.0 Å². The van der Waals surface area contributed by atoms with Gasteiger partial charge in [0.2, 0.25) is 0 Å². The van der Waals surface area contributed by atoms with E-state index in [0.717, 1.165) is 60.8 Å². The number of hydrogen-bond donors (Lipinski definition) is 0. The van der Waals surface area contributed by atoms with Crippen molar-refractivity contribution in [3.8, 4) is 0 Å². The zero-order valence-electron chi connectivity index (χ0n) is 18.6. The van der Waals surface area contributed by atoms with Crippen LogP contribution in [0.3, 0.4) is 0 Å². The van der Waals surface area contributed by atoms with E-state index < -0.39 is 0 Å². The van der Waals surface area contributed by atoms with E-state index in [2.05, 4.69) is 27.0 Å². The van der Waals surface area contributed by atoms with Crippen LogP contribution >= 0.6 is 11.8 Å². The van der Waals surface area contributed by atoms with E-state index in [1.807, 2.05) is 66.8 Å². The summed E-state index contributed by atoms with van der Waals surface area (Å²) in [7, 11) is 1.95. The number of carbonyl (C=O) groups excluding carboxylic acids is 1. The lowest BCUT2D eigenvalue weighted by molar-refractivity contribution is 0.0643. The predicted molar refractivity (Wildman–Crippen MR) is 130 cm³/mol. The number of likely N-dealkylation sites (tertiary alicyclic amines) is 1. The van der Waals surface area contributed by atoms with E-state index in [1.54, 1.807) is 18.0 Å². The van der Waals surface area contributed by atoms with Crippen LogP contribution in [0.5, 0.6) is 0 Å². The highest BCUT2D eigenvalue weighted by atomic mass is 32.2. The molecule has 3 aromatic rings. The molecule has 166 valence electrons. The molecule has 0 N–H and O–H groups in total. The Kier molecular flexibility index (Phi) is 7.91. The van der Waals surface area contributed by atoms with Crippen LogP contribution in [-0.4, -0.2) is 58.4 Å². The van der Waals surface area contributed by atoms with Gasteiger partial charge in [-0.15, -0.1) is 11.8 Å². The molecular weight excluding hydrogens is 416 g/mol. The zero-order valence-corrected chi connectivity index (χ0v) is 19.4. The molecule has 0 saturated carbocycles. The number of nitrogens with zero attached hydrogens (tertiary/aromatic N) is 4. The number of pyridine rings is 2. The summed E-state index contributed by atoms with van der Waals surface area (Å²) in [6.07, 6.45) is 8.55. The number of hydrogen-bond acceptors (Lipinski definition) is 5. The first-order valence-electron chi connectivity index (χ1n) is 11.2. The molecule has 1 aromatic carbocycles. The quantitative estimate of drug-likeness (QED) is 0.475. The molecule has 1 saturated heterocycles. The van der Waals surface area contributed by atoms with Gasteiger partial charge in [-0.3, -0.25) is 14.8 Å². The number of aromatic nitrogens is 2. The topological polar surface area (TPSA) is 49.3 Å². The number of carbonyl (C=O) groups is 1. The van der Waals surface area contributed by atoms with Crippen LogP contribution in [0.1, 0.15) is 34.5 Å². The summed E-state index contributed by atoms with van der Waals surface area (Å²) in [5.41, 5.74) is 3.10. The van der Waals surface area contributed by atoms with Gasteiger partial charge in [0.15, 0.2) is 0 Å². The Balaban J connectivity index is 1.23. The lowest BCUT2D eigenvalue weighted by Gasteiger charge is -2.36. The monoisotopic (exact) mass is 446 g/mol. The summed E-state index contributed by atoms with van der Waals surface area (Å²) in [4.78, 5) is 27.2. The third-order valence-electron chi connectivity index (χ3n) is 6.07. The molecule has 1 fully saturated rings. The van der Waals surface area contributed by atoms with Gasteiger partial charge in [0.1, 0.15) is 0 Å². The molecule has 1 aliphatic heterocycles. The number of thioether (sulfide) groups is 1. The highest BCUT2D eigenvalue weighted by molar-refractivity contribution is 7.98. The Morgan fingerprint density at radius 2 is 1.88 bits per heavy atom. The highest BCUT2D eigenvalue weighted by Crippen LogP contribution is 2.24. The predicted octanol–water partition coefficient (Wildman–Crippen LogP) is 4.55. The Bertz CT molecular complexity index is 974. The van der Waals surface area contributed by atoms with E-state index in [4.69, 9.17) is 0 Å². The fourth-order valence-corrected chi connectivity index (χ4v) is 4.89. The third-order valence-corrected chi connectivity index (χ3v) is 7.15. The van der Waals surface area contributed by atoms with Crippen LogP contribution in [0.15, 0.2) is 78.1 Å². The second kappa shape index (κ2) is 11.2. The van der Waals surface area contributed by atoms with Crippen LogP contribution in [0.2, 0.25) is 0 Å². The van der Waals surface area contributed by atoms with Crippen molar-refractivity contribution in [3.63, 3.8) is 0 Å². The maximum Gasteiger partial charge on any atom is 0.253 e. The van der Waals surface area contributed by atoms with Crippen molar-refractivity contribution in [2.75, 3.05) is 26.7 Å². The molecular formula is C26H30N4OS. The molecule has 2 aromatic heterocycles. The highest BCUT2D eigenvalue weighted by Gasteiger charge is 2.25. The molecule has 0 unspecified atom stereocenters. The van der Waals surface area contributed by atoms with Crippen molar-refractivity contribution >= 4 is 17.7 Å². The van der Waals surface area contributed by atoms with Gasteiger partial charge in [0.25, 0.3) is 5.91 Å². The number of piperidine rings is 1. The minimum absolute atomic E-state index is 0.112. The van der Waals surface area contributed by atoms with Gasteiger partial charge < -0.3 is 9.80 Å². The second-order valence-electron chi connectivity index (χ2n) is 8.23. The van der Waals surface area contributed by atoms with Crippen molar-refractivity contribution in [3.05, 3.63) is 90.0 Å². The van der Waals surface area contributed by atoms with Gasteiger partial charge in [-0.25, -0.2) is 0 Å². The second-order valence-corrected chi connectivity index (χ2v) is 9.28. The zero-order chi connectivity index (χ0) is 22.2. The molecule has 0 atom stereocenters. The number of amides is 1. The summed E-state index contributed by atoms with van der Waals surface area (Å²) in [6, 6.07) is 18.4. The fourth-order valence-electron chi connectivity index (χ4n) is 4.06. The van der Waals surface area contributed by atoms with Gasteiger partial charge in [-0.2, -0.15) is 0 Å². The fraction of sp³-hybridized carbons (Fsp3) is 0.346. The molecule has 32 heavy (non-hydrogen) atoms. The molecule has 1 aliphatic rings. The summed E-state index contributed by atoms with van der Waals surface area (Å²) >= 11 is 1.76. The molecule has 1 amide bonds. The summed E-state index contributed by atoms with van der Waals surface area (Å²) in [5, 5.41) is 0. The van der Waals surface area contributed by atoms with Gasteiger partial charge in [0.05, 0.1) is 0 Å². The Hall–Kier alpha value is -2.70. The van der Waals surface area contributed by atoms with E-state index in [1.165, 1.54) is 5.56 Å². The van der Waals surface area contributed by atoms with E-state index in [-0.39, 0.29) is 5.91 Å². The van der Waals surface area contributed by atoms with E-state index >= 15 is 0 Å². The summed E-state index contributed by atoms with van der Waals surface area (Å²) in [5.74, 6) is 0.987. The lowest BCUT2D eigenvalue weighted by Crippen LogP contribution is -2.46. The van der Waals surface area contributed by atoms with Crippen LogP contribution in [-0.2, 0) is 12.2 Å². The third kappa shape index (κ3) is 6.17. The standard InChI is InChI=1S/C26H30N4OS/c1-29(24-12-17-30(18-13-24)16-11-23-6-2-3-15-28-23)26(31)22-7-9-25(10-8-22)32-20-21-5-4-14-27-19-21/h2-10,14-15,19,24H,11-13,16-18,20H2,1H3. The van der Waals surface area contributed by atoms with Crippen molar-refractivity contribution in [1.82, 2.24) is 19.8 Å². The van der Waals surface area contributed by atoms with Gasteiger partial charge in [0, 0.05) is 79.6 Å². The maximum absolute atomic E-state index is 13.0. The first-order chi connectivity index (χ1) is 15.7. The Morgan fingerprint density at radius 1 is 1.06 bits per heavy atom. The first kappa shape index (κ1) is 22.5. The average Bonchev–Trinajstić information content (AvgIpc) is 2.87. The number of benzene rings is 1. The van der Waals surface area contributed by atoms with Crippen molar-refractivity contribution < 1.29 is 4.79 Å². The minimum Gasteiger partial charge on any atom is -0.339 e. The van der Waals surface area contributed by atoms with Crippen LogP contribution in [0, 0.1) is 0 Å². The Morgan fingerprint density at radius 3 is 2.56 bits per heavy atom. The molecule has 0 bridgehead atoms. The van der Waals surface area contributed by atoms with Gasteiger partial charge >= 0.3 is 0 Å². The van der Waals surface area contributed by atoms with E-state index in [9.17, 15) is 4.79 Å². The van der Waals surface area contributed by atoms with Crippen molar-refractivity contribution in [1.29, 1.82) is 0 Å².